The second-order valence-electron chi connectivity index (χ2n) is 5.67. The zero-order chi connectivity index (χ0) is 13.7. The number of hydrogen-bond acceptors (Lipinski definition) is 2. The van der Waals surface area contributed by atoms with Crippen LogP contribution in [0, 0.1) is 6.92 Å². The lowest BCUT2D eigenvalue weighted by atomic mass is 9.85. The second-order valence-corrected chi connectivity index (χ2v) is 5.67. The molecule has 0 unspecified atom stereocenters. The average molecular weight is 264 g/mol. The normalized spacial score (nSPS) is 14.7. The second kappa shape index (κ2) is 4.20. The van der Waals surface area contributed by atoms with Crippen molar-refractivity contribution in [2.24, 2.45) is 0 Å². The van der Waals surface area contributed by atoms with Crippen molar-refractivity contribution >= 4 is 21.7 Å². The van der Waals surface area contributed by atoms with Gasteiger partial charge in [-0.3, -0.25) is 0 Å². The van der Waals surface area contributed by atoms with Crippen LogP contribution in [0.5, 0.6) is 0 Å². The van der Waals surface area contributed by atoms with Crippen molar-refractivity contribution in [1.29, 1.82) is 0 Å². The van der Waals surface area contributed by atoms with Crippen LogP contribution in [0.3, 0.4) is 0 Å². The van der Waals surface area contributed by atoms with Crippen molar-refractivity contribution < 1.29 is 4.42 Å². The van der Waals surface area contributed by atoms with Crippen LogP contribution in [0.1, 0.15) is 29.5 Å². The molecule has 20 heavy (non-hydrogen) atoms. The van der Waals surface area contributed by atoms with E-state index < -0.39 is 0 Å². The highest BCUT2D eigenvalue weighted by molar-refractivity contribution is 6.06. The minimum atomic E-state index is -0.183. The minimum absolute atomic E-state index is 0.183. The van der Waals surface area contributed by atoms with Crippen LogP contribution in [0.4, 0.5) is 0 Å². The lowest BCUT2D eigenvalue weighted by molar-refractivity contribution is 0.567. The molecule has 0 atom stereocenters. The lowest BCUT2D eigenvalue weighted by Crippen LogP contribution is -2.11. The Hall–Kier alpha value is -2.09. The van der Waals surface area contributed by atoms with E-state index in [0.29, 0.717) is 5.58 Å². The predicted octanol–water partition coefficient (Wildman–Crippen LogP) is 4.13. The molecule has 0 aliphatic heterocycles. The number of para-hydroxylation sites is 1. The summed E-state index contributed by atoms with van der Waals surface area (Å²) in [5.41, 5.74) is 4.40. The Labute approximate surface area is 117 Å². The number of rotatable bonds is 0. The Bertz CT molecular complexity index is 887. The highest BCUT2D eigenvalue weighted by atomic mass is 16.4. The van der Waals surface area contributed by atoms with Crippen LogP contribution in [-0.4, -0.2) is 0 Å². The molecule has 0 bridgehead atoms. The van der Waals surface area contributed by atoms with Gasteiger partial charge in [0, 0.05) is 10.8 Å². The van der Waals surface area contributed by atoms with E-state index in [1.54, 1.807) is 0 Å². The summed E-state index contributed by atoms with van der Waals surface area (Å²) in [4.78, 5) is 12.4. The minimum Gasteiger partial charge on any atom is -0.422 e. The summed E-state index contributed by atoms with van der Waals surface area (Å²) in [6.45, 7) is 2.16. The van der Waals surface area contributed by atoms with E-state index in [1.807, 2.05) is 24.3 Å². The van der Waals surface area contributed by atoms with Crippen molar-refractivity contribution in [2.45, 2.75) is 32.6 Å². The van der Waals surface area contributed by atoms with Gasteiger partial charge in [-0.1, -0.05) is 24.3 Å². The van der Waals surface area contributed by atoms with Gasteiger partial charge in [0.05, 0.1) is 5.39 Å². The average Bonchev–Trinajstić information content (AvgIpc) is 2.47. The highest BCUT2D eigenvalue weighted by Gasteiger charge is 2.19. The van der Waals surface area contributed by atoms with Crippen molar-refractivity contribution in [3.8, 4) is 0 Å². The third kappa shape index (κ3) is 1.54. The molecule has 0 fully saturated rings. The number of fused-ring (bicyclic) bond motifs is 5. The van der Waals surface area contributed by atoms with Crippen LogP contribution < -0.4 is 5.63 Å². The largest absolute Gasteiger partial charge is 0.422 e. The fraction of sp³-hybridized carbons (Fsp3) is 0.278. The van der Waals surface area contributed by atoms with E-state index in [-0.39, 0.29) is 5.63 Å². The van der Waals surface area contributed by atoms with Crippen LogP contribution in [0.15, 0.2) is 39.5 Å². The molecule has 0 saturated heterocycles. The quantitative estimate of drug-likeness (QED) is 0.451. The van der Waals surface area contributed by atoms with Gasteiger partial charge >= 0.3 is 5.63 Å². The first-order valence-corrected chi connectivity index (χ1v) is 7.22. The van der Waals surface area contributed by atoms with Gasteiger partial charge in [0.25, 0.3) is 0 Å². The maximum Gasteiger partial charge on any atom is 0.344 e. The first kappa shape index (κ1) is 11.7. The zero-order valence-corrected chi connectivity index (χ0v) is 11.5. The first-order chi connectivity index (χ1) is 9.75. The molecule has 1 aliphatic rings. The molecule has 2 heteroatoms. The number of hydrogen-bond donors (Lipinski definition) is 0. The number of benzene rings is 2. The molecule has 2 nitrogen and oxygen atoms in total. The van der Waals surface area contributed by atoms with E-state index in [9.17, 15) is 4.79 Å². The van der Waals surface area contributed by atoms with E-state index in [4.69, 9.17) is 4.42 Å². The van der Waals surface area contributed by atoms with E-state index in [0.717, 1.165) is 35.4 Å². The highest BCUT2D eigenvalue weighted by Crippen LogP contribution is 2.33. The molecular weight excluding hydrogens is 248 g/mol. The molecule has 0 N–H and O–H groups in total. The van der Waals surface area contributed by atoms with Gasteiger partial charge in [-0.2, -0.15) is 0 Å². The predicted molar refractivity (Wildman–Crippen MR) is 81.4 cm³/mol. The smallest absolute Gasteiger partial charge is 0.344 e. The fourth-order valence-electron chi connectivity index (χ4n) is 3.53. The topological polar surface area (TPSA) is 30.2 Å². The van der Waals surface area contributed by atoms with Gasteiger partial charge in [-0.15, -0.1) is 0 Å². The summed E-state index contributed by atoms with van der Waals surface area (Å²) < 4.78 is 5.53. The molecule has 1 heterocycles. The van der Waals surface area contributed by atoms with Crippen molar-refractivity contribution in [1.82, 2.24) is 0 Å². The molecule has 0 radical (unpaired) electrons. The third-order valence-electron chi connectivity index (χ3n) is 4.46. The number of aryl methyl sites for hydroxylation is 2. The molecule has 0 amide bonds. The molecule has 0 spiro atoms. The van der Waals surface area contributed by atoms with Crippen LogP contribution in [0.2, 0.25) is 0 Å². The van der Waals surface area contributed by atoms with Gasteiger partial charge in [-0.25, -0.2) is 4.79 Å². The Morgan fingerprint density at radius 2 is 1.75 bits per heavy atom. The Kier molecular flexibility index (Phi) is 2.46. The summed E-state index contributed by atoms with van der Waals surface area (Å²) >= 11 is 0. The lowest BCUT2D eigenvalue weighted by Gasteiger charge is -2.20. The Morgan fingerprint density at radius 3 is 2.60 bits per heavy atom. The maximum absolute atomic E-state index is 12.4. The fourth-order valence-corrected chi connectivity index (χ4v) is 3.53. The molecule has 1 aromatic heterocycles. The van der Waals surface area contributed by atoms with Crippen molar-refractivity contribution in [2.75, 3.05) is 0 Å². The molecule has 3 aromatic rings. The molecular formula is C18H16O2. The van der Waals surface area contributed by atoms with Crippen LogP contribution >= 0.6 is 0 Å². The van der Waals surface area contributed by atoms with Gasteiger partial charge in [0.15, 0.2) is 0 Å². The summed E-state index contributed by atoms with van der Waals surface area (Å²) in [5.74, 6) is 0. The van der Waals surface area contributed by atoms with E-state index >= 15 is 0 Å². The third-order valence-corrected chi connectivity index (χ3v) is 4.46. The maximum atomic E-state index is 12.4. The van der Waals surface area contributed by atoms with Crippen molar-refractivity contribution in [3.05, 3.63) is 57.4 Å². The summed E-state index contributed by atoms with van der Waals surface area (Å²) in [7, 11) is 0. The summed E-state index contributed by atoms with van der Waals surface area (Å²) in [5, 5.41) is 2.90. The van der Waals surface area contributed by atoms with Gasteiger partial charge < -0.3 is 4.42 Å². The first-order valence-electron chi connectivity index (χ1n) is 7.22. The van der Waals surface area contributed by atoms with E-state index in [1.165, 1.54) is 23.1 Å². The van der Waals surface area contributed by atoms with Crippen LogP contribution in [0.25, 0.3) is 21.7 Å². The molecule has 100 valence electrons. The molecule has 1 aliphatic carbocycles. The molecule has 0 saturated carbocycles. The Morgan fingerprint density at radius 1 is 1.00 bits per heavy atom. The van der Waals surface area contributed by atoms with Crippen LogP contribution in [-0.2, 0) is 12.8 Å². The van der Waals surface area contributed by atoms with Gasteiger partial charge in [0.2, 0.25) is 0 Å². The zero-order valence-electron chi connectivity index (χ0n) is 11.5. The summed E-state index contributed by atoms with van der Waals surface area (Å²) in [6.07, 6.45) is 4.47. The molecule has 4 rings (SSSR count). The van der Waals surface area contributed by atoms with Gasteiger partial charge in [-0.05, 0) is 55.4 Å². The molecule has 2 aromatic carbocycles. The summed E-state index contributed by atoms with van der Waals surface area (Å²) in [6, 6.07) is 9.97. The van der Waals surface area contributed by atoms with Crippen molar-refractivity contribution in [3.63, 3.8) is 0 Å². The standard InChI is InChI=1S/C18H16O2/c1-11-10-15-13-7-4-5-9-16(13)20-18(19)17(15)14-8-3-2-6-12(11)14/h4-5,7,9-10H,2-3,6,8H2,1H3. The van der Waals surface area contributed by atoms with E-state index in [2.05, 4.69) is 13.0 Å². The van der Waals surface area contributed by atoms with Gasteiger partial charge in [0.1, 0.15) is 5.58 Å². The SMILES string of the molecule is Cc1cc2c(c3c1CCCC3)c(=O)oc1ccccc12. The monoisotopic (exact) mass is 264 g/mol. The Balaban J connectivity index is 2.27.